The van der Waals surface area contributed by atoms with Crippen LogP contribution in [0.3, 0.4) is 0 Å². The number of aryl methyl sites for hydroxylation is 1. The molecular weight excluding hydrogens is 308 g/mol. The van der Waals surface area contributed by atoms with E-state index in [1.54, 1.807) is 0 Å². The van der Waals surface area contributed by atoms with Gasteiger partial charge >= 0.3 is 0 Å². The number of ether oxygens (including phenoxy) is 1. The summed E-state index contributed by atoms with van der Waals surface area (Å²) in [5.41, 5.74) is 3.29. The Balaban J connectivity index is 2.04. The zero-order valence-corrected chi connectivity index (χ0v) is 14.0. The fourth-order valence-corrected chi connectivity index (χ4v) is 2.44. The monoisotopic (exact) mass is 328 g/mol. The van der Waals surface area contributed by atoms with E-state index in [9.17, 15) is 9.59 Å². The van der Waals surface area contributed by atoms with Crippen LogP contribution in [0.15, 0.2) is 23.8 Å². The zero-order valence-electron chi connectivity index (χ0n) is 14.0. The van der Waals surface area contributed by atoms with Crippen molar-refractivity contribution in [2.45, 2.75) is 33.6 Å². The number of H-pyrrole nitrogens is 1. The molecule has 0 fully saturated rings. The molecule has 0 atom stereocenters. The van der Waals surface area contributed by atoms with E-state index in [0.29, 0.717) is 30.8 Å². The number of rotatable bonds is 8. The van der Waals surface area contributed by atoms with Crippen molar-refractivity contribution in [1.29, 1.82) is 0 Å². The Morgan fingerprint density at radius 2 is 2.12 bits per heavy atom. The van der Waals surface area contributed by atoms with Gasteiger partial charge < -0.3 is 4.74 Å². The van der Waals surface area contributed by atoms with E-state index in [1.165, 1.54) is 13.0 Å². The first-order valence-corrected chi connectivity index (χ1v) is 7.66. The standard InChI is InChI=1S/C17H20N4O3/c1-11-6-7-15(17-18-20-21-19-17)13(3)16(11)24-8-4-5-14(10-22)9-12(2)23/h6-7,9-10H,4-5,8H2,1-3H3,(H,18,19,20,21). The summed E-state index contributed by atoms with van der Waals surface area (Å²) in [6.45, 7) is 5.78. The molecule has 126 valence electrons. The average Bonchev–Trinajstić information content (AvgIpc) is 3.06. The number of nitrogens with zero attached hydrogens (tertiary/aromatic N) is 3. The van der Waals surface area contributed by atoms with Crippen LogP contribution in [0.1, 0.15) is 30.9 Å². The van der Waals surface area contributed by atoms with Gasteiger partial charge in [-0.3, -0.25) is 9.59 Å². The highest BCUT2D eigenvalue weighted by molar-refractivity contribution is 5.93. The number of aromatic nitrogens is 4. The van der Waals surface area contributed by atoms with Gasteiger partial charge in [0.15, 0.2) is 5.78 Å². The molecule has 1 aromatic carbocycles. The number of benzene rings is 1. The minimum Gasteiger partial charge on any atom is -0.493 e. The van der Waals surface area contributed by atoms with Crippen LogP contribution < -0.4 is 4.74 Å². The number of aromatic amines is 1. The minimum atomic E-state index is -0.127. The summed E-state index contributed by atoms with van der Waals surface area (Å²) in [6, 6.07) is 3.88. The Bertz CT molecular complexity index is 751. The van der Waals surface area contributed by atoms with Gasteiger partial charge in [0, 0.05) is 11.1 Å². The largest absolute Gasteiger partial charge is 0.493 e. The summed E-state index contributed by atoms with van der Waals surface area (Å²) in [7, 11) is 0. The summed E-state index contributed by atoms with van der Waals surface area (Å²) >= 11 is 0. The first-order chi connectivity index (χ1) is 11.5. The number of hydrogen-bond acceptors (Lipinski definition) is 6. The van der Waals surface area contributed by atoms with Crippen molar-refractivity contribution < 1.29 is 14.3 Å². The second-order valence-corrected chi connectivity index (χ2v) is 5.52. The van der Waals surface area contributed by atoms with Gasteiger partial charge in [-0.1, -0.05) is 12.1 Å². The highest BCUT2D eigenvalue weighted by Gasteiger charge is 2.13. The van der Waals surface area contributed by atoms with Crippen molar-refractivity contribution in [3.8, 4) is 17.1 Å². The number of carbonyl (C=O) groups excluding carboxylic acids is 2. The number of nitrogens with one attached hydrogen (secondary N) is 1. The maximum absolute atomic E-state index is 11.0. The molecule has 0 saturated heterocycles. The van der Waals surface area contributed by atoms with Crippen LogP contribution in [0.2, 0.25) is 0 Å². The second kappa shape index (κ2) is 8.14. The smallest absolute Gasteiger partial charge is 0.205 e. The van der Waals surface area contributed by atoms with Gasteiger partial charge in [-0.15, -0.1) is 10.2 Å². The quantitative estimate of drug-likeness (QED) is 0.454. The first kappa shape index (κ1) is 17.5. The van der Waals surface area contributed by atoms with E-state index in [-0.39, 0.29) is 5.78 Å². The Hall–Kier alpha value is -2.83. The van der Waals surface area contributed by atoms with Crippen LogP contribution in [0.4, 0.5) is 0 Å². The van der Waals surface area contributed by atoms with E-state index in [0.717, 1.165) is 28.7 Å². The highest BCUT2D eigenvalue weighted by atomic mass is 16.5. The fourth-order valence-electron chi connectivity index (χ4n) is 2.44. The summed E-state index contributed by atoms with van der Waals surface area (Å²) in [4.78, 5) is 21.9. The molecule has 2 aromatic rings. The van der Waals surface area contributed by atoms with Crippen LogP contribution in [0.25, 0.3) is 11.4 Å². The molecule has 1 heterocycles. The Labute approximate surface area is 140 Å². The number of ketones is 1. The van der Waals surface area contributed by atoms with Crippen LogP contribution in [-0.4, -0.2) is 39.3 Å². The van der Waals surface area contributed by atoms with E-state index in [2.05, 4.69) is 20.6 Å². The van der Waals surface area contributed by atoms with Gasteiger partial charge in [-0.2, -0.15) is 5.21 Å². The lowest BCUT2D eigenvalue weighted by atomic mass is 10.0. The lowest BCUT2D eigenvalue weighted by Gasteiger charge is -2.14. The predicted molar refractivity (Wildman–Crippen MR) is 88.6 cm³/mol. The fraction of sp³-hybridized carbons (Fsp3) is 0.353. The van der Waals surface area contributed by atoms with Gasteiger partial charge in [0.2, 0.25) is 5.82 Å². The van der Waals surface area contributed by atoms with Crippen molar-refractivity contribution in [1.82, 2.24) is 20.6 Å². The zero-order chi connectivity index (χ0) is 17.5. The third-order valence-electron chi connectivity index (χ3n) is 3.59. The van der Waals surface area contributed by atoms with Crippen molar-refractivity contribution in [3.63, 3.8) is 0 Å². The Morgan fingerprint density at radius 1 is 1.33 bits per heavy atom. The normalized spacial score (nSPS) is 11.4. The maximum Gasteiger partial charge on any atom is 0.205 e. The van der Waals surface area contributed by atoms with Crippen LogP contribution >= 0.6 is 0 Å². The van der Waals surface area contributed by atoms with Gasteiger partial charge in [0.05, 0.1) is 6.61 Å². The summed E-state index contributed by atoms with van der Waals surface area (Å²) in [5, 5.41) is 14.0. The lowest BCUT2D eigenvalue weighted by molar-refractivity contribution is -0.113. The molecule has 0 amide bonds. The maximum atomic E-state index is 11.0. The number of hydrogen-bond donors (Lipinski definition) is 1. The van der Waals surface area contributed by atoms with E-state index >= 15 is 0 Å². The van der Waals surface area contributed by atoms with Crippen LogP contribution in [0, 0.1) is 13.8 Å². The van der Waals surface area contributed by atoms with Crippen molar-refractivity contribution in [2.24, 2.45) is 0 Å². The molecular formula is C17H20N4O3. The predicted octanol–water partition coefficient (Wildman–Crippen LogP) is 2.36. The van der Waals surface area contributed by atoms with Gasteiger partial charge in [-0.05, 0) is 56.0 Å². The number of carbonyl (C=O) groups is 2. The topological polar surface area (TPSA) is 97.8 Å². The SMILES string of the molecule is CC(=O)C=C(C=O)CCCOc1c(C)ccc(-c2nn[nH]n2)c1C. The highest BCUT2D eigenvalue weighted by Crippen LogP contribution is 2.31. The van der Waals surface area contributed by atoms with E-state index in [4.69, 9.17) is 4.74 Å². The minimum absolute atomic E-state index is 0.127. The number of tetrazole rings is 1. The first-order valence-electron chi connectivity index (χ1n) is 7.66. The molecule has 0 aliphatic rings. The molecule has 0 aliphatic heterocycles. The number of aldehydes is 1. The molecule has 0 unspecified atom stereocenters. The molecule has 0 bridgehead atoms. The summed E-state index contributed by atoms with van der Waals surface area (Å²) in [6.07, 6.45) is 3.23. The van der Waals surface area contributed by atoms with Crippen molar-refractivity contribution in [2.75, 3.05) is 6.61 Å². The Morgan fingerprint density at radius 3 is 2.75 bits per heavy atom. The summed E-state index contributed by atoms with van der Waals surface area (Å²) in [5.74, 6) is 1.17. The molecule has 24 heavy (non-hydrogen) atoms. The third-order valence-corrected chi connectivity index (χ3v) is 3.59. The molecule has 0 aliphatic carbocycles. The van der Waals surface area contributed by atoms with E-state index in [1.807, 2.05) is 26.0 Å². The molecule has 1 N–H and O–H groups in total. The van der Waals surface area contributed by atoms with Crippen LogP contribution in [0.5, 0.6) is 5.75 Å². The molecule has 2 rings (SSSR count). The summed E-state index contributed by atoms with van der Waals surface area (Å²) < 4.78 is 5.89. The molecule has 0 spiro atoms. The molecule has 7 heteroatoms. The average molecular weight is 328 g/mol. The van der Waals surface area contributed by atoms with E-state index < -0.39 is 0 Å². The van der Waals surface area contributed by atoms with Crippen molar-refractivity contribution in [3.05, 3.63) is 34.9 Å². The Kier molecular flexibility index (Phi) is 5.95. The molecule has 0 saturated carbocycles. The number of allylic oxidation sites excluding steroid dienone is 2. The lowest BCUT2D eigenvalue weighted by Crippen LogP contribution is -2.03. The van der Waals surface area contributed by atoms with Crippen LogP contribution in [-0.2, 0) is 9.59 Å². The van der Waals surface area contributed by atoms with Gasteiger partial charge in [0.25, 0.3) is 0 Å². The molecule has 1 aromatic heterocycles. The molecule has 7 nitrogen and oxygen atoms in total. The third kappa shape index (κ3) is 4.34. The van der Waals surface area contributed by atoms with Gasteiger partial charge in [0.1, 0.15) is 12.0 Å². The van der Waals surface area contributed by atoms with Gasteiger partial charge in [-0.25, -0.2) is 0 Å². The second-order valence-electron chi connectivity index (χ2n) is 5.52. The molecule has 0 radical (unpaired) electrons. The van der Waals surface area contributed by atoms with Crippen molar-refractivity contribution >= 4 is 12.1 Å².